The van der Waals surface area contributed by atoms with Gasteiger partial charge in [-0.05, 0) is 35.3 Å². The van der Waals surface area contributed by atoms with Gasteiger partial charge in [-0.3, -0.25) is 4.79 Å². The minimum atomic E-state index is -1.11. The van der Waals surface area contributed by atoms with Gasteiger partial charge in [0, 0.05) is 12.5 Å². The summed E-state index contributed by atoms with van der Waals surface area (Å²) in [4.78, 5) is 23.3. The fourth-order valence-electron chi connectivity index (χ4n) is 3.09. The first kappa shape index (κ1) is 16.0. The first-order chi connectivity index (χ1) is 11.4. The largest absolute Gasteiger partial charge is 0.478 e. The lowest BCUT2D eigenvalue weighted by atomic mass is 9.93. The van der Waals surface area contributed by atoms with E-state index >= 15 is 0 Å². The maximum absolute atomic E-state index is 11.7. The molecule has 24 heavy (non-hydrogen) atoms. The predicted octanol–water partition coefficient (Wildman–Crippen LogP) is 3.13. The lowest BCUT2D eigenvalue weighted by molar-refractivity contribution is -0.114. The van der Waals surface area contributed by atoms with Gasteiger partial charge >= 0.3 is 5.97 Å². The van der Waals surface area contributed by atoms with E-state index in [2.05, 4.69) is 5.32 Å². The van der Waals surface area contributed by atoms with Crippen molar-refractivity contribution >= 4 is 23.1 Å². The van der Waals surface area contributed by atoms with Crippen molar-refractivity contribution in [3.05, 3.63) is 70.3 Å². The zero-order chi connectivity index (χ0) is 17.4. The van der Waals surface area contributed by atoms with Crippen molar-refractivity contribution < 1.29 is 19.8 Å². The van der Waals surface area contributed by atoms with Gasteiger partial charge in [-0.25, -0.2) is 4.79 Å². The van der Waals surface area contributed by atoms with Crippen LogP contribution in [0.25, 0.3) is 5.57 Å². The second-order valence-electron chi connectivity index (χ2n) is 5.78. The Morgan fingerprint density at radius 2 is 1.79 bits per heavy atom. The van der Waals surface area contributed by atoms with E-state index in [1.54, 1.807) is 25.1 Å². The van der Waals surface area contributed by atoms with Crippen LogP contribution in [0.5, 0.6) is 0 Å². The molecule has 0 spiro atoms. The number of aliphatic hydroxyl groups is 1. The van der Waals surface area contributed by atoms with Crippen LogP contribution in [0.2, 0.25) is 0 Å². The molecule has 5 heteroatoms. The molecule has 3 rings (SSSR count). The summed E-state index contributed by atoms with van der Waals surface area (Å²) in [6.45, 7) is 3.02. The summed E-state index contributed by atoms with van der Waals surface area (Å²) in [5.41, 5.74) is 3.76. The highest BCUT2D eigenvalue weighted by atomic mass is 16.4. The molecule has 0 radical (unpaired) electrons. The Morgan fingerprint density at radius 3 is 2.46 bits per heavy atom. The fraction of sp³-hybridized carbons (Fsp3) is 0.158. The van der Waals surface area contributed by atoms with Gasteiger partial charge in [0.05, 0.1) is 17.4 Å². The summed E-state index contributed by atoms with van der Waals surface area (Å²) in [5.74, 6) is -1.46. The van der Waals surface area contributed by atoms with Crippen LogP contribution in [-0.4, -0.2) is 22.1 Å². The number of carboxylic acids is 1. The second-order valence-corrected chi connectivity index (χ2v) is 5.78. The highest BCUT2D eigenvalue weighted by molar-refractivity contribution is 6.06. The quantitative estimate of drug-likeness (QED) is 0.810. The number of aliphatic hydroxyl groups excluding tert-OH is 1. The van der Waals surface area contributed by atoms with Gasteiger partial charge in [-0.1, -0.05) is 36.4 Å². The molecule has 0 saturated carbocycles. The van der Waals surface area contributed by atoms with Gasteiger partial charge in [0.15, 0.2) is 0 Å². The van der Waals surface area contributed by atoms with Gasteiger partial charge in [0.2, 0.25) is 5.91 Å². The van der Waals surface area contributed by atoms with E-state index in [0.717, 1.165) is 11.1 Å². The first-order valence-electron chi connectivity index (χ1n) is 7.54. The van der Waals surface area contributed by atoms with Crippen LogP contribution in [0, 0.1) is 6.92 Å². The van der Waals surface area contributed by atoms with E-state index < -0.39 is 12.1 Å². The number of carboxylic acid groups (broad SMARTS) is 1. The molecule has 1 amide bonds. The Hall–Kier alpha value is -2.92. The highest BCUT2D eigenvalue weighted by Crippen LogP contribution is 2.42. The SMILES string of the molecule is CC(=O)Nc1c(C2=CC(O)c3ccccc32)ccc(C)c1C(=O)O. The van der Waals surface area contributed by atoms with Crippen LogP contribution in [0.3, 0.4) is 0 Å². The van der Waals surface area contributed by atoms with Crippen LogP contribution in [0.4, 0.5) is 5.69 Å². The third kappa shape index (κ3) is 2.59. The van der Waals surface area contributed by atoms with Crippen molar-refractivity contribution in [2.75, 3.05) is 5.32 Å². The molecule has 0 bridgehead atoms. The van der Waals surface area contributed by atoms with Crippen molar-refractivity contribution in [3.63, 3.8) is 0 Å². The summed E-state index contributed by atoms with van der Waals surface area (Å²) in [5, 5.41) is 22.4. The van der Waals surface area contributed by atoms with E-state index in [-0.39, 0.29) is 17.2 Å². The van der Waals surface area contributed by atoms with Gasteiger partial charge in [0.1, 0.15) is 0 Å². The first-order valence-corrected chi connectivity index (χ1v) is 7.54. The predicted molar refractivity (Wildman–Crippen MR) is 90.9 cm³/mol. The molecule has 2 aromatic carbocycles. The van der Waals surface area contributed by atoms with Gasteiger partial charge in [-0.15, -0.1) is 0 Å². The monoisotopic (exact) mass is 323 g/mol. The van der Waals surface area contributed by atoms with Gasteiger partial charge < -0.3 is 15.5 Å². The van der Waals surface area contributed by atoms with E-state index in [1.165, 1.54) is 6.92 Å². The summed E-state index contributed by atoms with van der Waals surface area (Å²) in [6.07, 6.45) is 0.919. The molecule has 1 aliphatic carbocycles. The molecule has 122 valence electrons. The third-order valence-electron chi connectivity index (χ3n) is 4.11. The lowest BCUT2D eigenvalue weighted by Crippen LogP contribution is -2.14. The summed E-state index contributed by atoms with van der Waals surface area (Å²) < 4.78 is 0. The number of anilines is 1. The standard InChI is InChI=1S/C19H17NO4/c1-10-7-8-14(18(20-11(2)21)17(10)19(23)24)15-9-16(22)13-6-4-3-5-12(13)15/h3-9,16,22H,1-2H3,(H,20,21)(H,23,24). The number of hydrogen-bond acceptors (Lipinski definition) is 3. The third-order valence-corrected chi connectivity index (χ3v) is 4.11. The molecule has 1 atom stereocenters. The number of carbonyl (C=O) groups is 2. The minimum absolute atomic E-state index is 0.0578. The number of aryl methyl sites for hydroxylation is 1. The molecule has 0 aromatic heterocycles. The van der Waals surface area contributed by atoms with Crippen LogP contribution in [0.1, 0.15) is 45.6 Å². The van der Waals surface area contributed by atoms with E-state index in [4.69, 9.17) is 0 Å². The number of fused-ring (bicyclic) bond motifs is 1. The number of nitrogens with one attached hydrogen (secondary N) is 1. The molecule has 5 nitrogen and oxygen atoms in total. The Bertz CT molecular complexity index is 883. The maximum atomic E-state index is 11.7. The van der Waals surface area contributed by atoms with Crippen LogP contribution in [-0.2, 0) is 4.79 Å². The summed E-state index contributed by atoms with van der Waals surface area (Å²) in [6, 6.07) is 10.9. The lowest BCUT2D eigenvalue weighted by Gasteiger charge is -2.16. The minimum Gasteiger partial charge on any atom is -0.478 e. The Kier molecular flexibility index (Phi) is 3.95. The van der Waals surface area contributed by atoms with Gasteiger partial charge in [-0.2, -0.15) is 0 Å². The van der Waals surface area contributed by atoms with E-state index in [9.17, 15) is 19.8 Å². The van der Waals surface area contributed by atoms with Gasteiger partial charge in [0.25, 0.3) is 0 Å². The number of hydrogen-bond donors (Lipinski definition) is 3. The van der Waals surface area contributed by atoms with E-state index in [0.29, 0.717) is 16.7 Å². The fourth-order valence-corrected chi connectivity index (χ4v) is 3.09. The van der Waals surface area contributed by atoms with Crippen molar-refractivity contribution in [3.8, 4) is 0 Å². The molecule has 0 heterocycles. The average Bonchev–Trinajstić information content (AvgIpc) is 2.84. The molecule has 3 N–H and O–H groups in total. The number of aromatic carboxylic acids is 1. The smallest absolute Gasteiger partial charge is 0.338 e. The molecule has 1 aliphatic rings. The molecule has 0 aliphatic heterocycles. The molecule has 0 saturated heterocycles. The molecular formula is C19H17NO4. The number of benzene rings is 2. The van der Waals surface area contributed by atoms with Crippen LogP contribution >= 0.6 is 0 Å². The number of rotatable bonds is 3. The number of amides is 1. The summed E-state index contributed by atoms with van der Waals surface area (Å²) in [7, 11) is 0. The zero-order valence-electron chi connectivity index (χ0n) is 13.3. The molecule has 2 aromatic rings. The highest BCUT2D eigenvalue weighted by Gasteiger charge is 2.26. The molecular weight excluding hydrogens is 306 g/mol. The topological polar surface area (TPSA) is 86.6 Å². The molecule has 0 fully saturated rings. The number of carbonyl (C=O) groups excluding carboxylic acids is 1. The summed E-state index contributed by atoms with van der Waals surface area (Å²) >= 11 is 0. The van der Waals surface area contributed by atoms with Crippen molar-refractivity contribution in [1.29, 1.82) is 0 Å². The van der Waals surface area contributed by atoms with Crippen LogP contribution < -0.4 is 5.32 Å². The Balaban J connectivity index is 2.26. The Morgan fingerprint density at radius 1 is 1.08 bits per heavy atom. The maximum Gasteiger partial charge on any atom is 0.338 e. The zero-order valence-corrected chi connectivity index (χ0v) is 13.3. The van der Waals surface area contributed by atoms with Crippen molar-refractivity contribution in [2.45, 2.75) is 20.0 Å². The Labute approximate surface area is 139 Å². The van der Waals surface area contributed by atoms with Crippen molar-refractivity contribution in [1.82, 2.24) is 0 Å². The van der Waals surface area contributed by atoms with Crippen LogP contribution in [0.15, 0.2) is 42.5 Å². The van der Waals surface area contributed by atoms with Crippen molar-refractivity contribution in [2.24, 2.45) is 0 Å². The molecule has 1 unspecified atom stereocenters. The van der Waals surface area contributed by atoms with E-state index in [1.807, 2.05) is 24.3 Å². The average molecular weight is 323 g/mol. The second kappa shape index (κ2) is 5.94. The normalized spacial score (nSPS) is 15.6.